The Labute approximate surface area is 112 Å². The molecule has 19 heavy (non-hydrogen) atoms. The maximum atomic E-state index is 5.62. The Balaban J connectivity index is 1.89. The van der Waals surface area contributed by atoms with Crippen molar-refractivity contribution in [3.63, 3.8) is 0 Å². The molecule has 0 fully saturated rings. The minimum absolute atomic E-state index is 0.674. The van der Waals surface area contributed by atoms with Crippen LogP contribution in [0, 0.1) is 0 Å². The van der Waals surface area contributed by atoms with Gasteiger partial charge in [0.25, 0.3) is 0 Å². The number of benzene rings is 1. The molecule has 0 bridgehead atoms. The second kappa shape index (κ2) is 5.26. The Morgan fingerprint density at radius 2 is 2.05 bits per heavy atom. The third-order valence-corrected chi connectivity index (χ3v) is 3.23. The van der Waals surface area contributed by atoms with Crippen molar-refractivity contribution in [2.45, 2.75) is 19.8 Å². The van der Waals surface area contributed by atoms with Gasteiger partial charge >= 0.3 is 0 Å². The quantitative estimate of drug-likeness (QED) is 0.916. The molecular weight excluding hydrogens is 238 g/mol. The van der Waals surface area contributed by atoms with Gasteiger partial charge < -0.3 is 10.1 Å². The van der Waals surface area contributed by atoms with Gasteiger partial charge in [-0.25, -0.2) is 9.97 Å². The van der Waals surface area contributed by atoms with Crippen LogP contribution in [0.15, 0.2) is 30.6 Å². The highest BCUT2D eigenvalue weighted by Gasteiger charge is 2.11. The summed E-state index contributed by atoms with van der Waals surface area (Å²) in [5, 5.41) is 3.09. The first kappa shape index (κ1) is 12.0. The van der Waals surface area contributed by atoms with E-state index in [9.17, 15) is 0 Å². The molecule has 1 aromatic carbocycles. The lowest BCUT2D eigenvalue weighted by molar-refractivity contribution is 0.288. The normalized spacial score (nSPS) is 13.5. The first-order valence-electron chi connectivity index (χ1n) is 6.69. The van der Waals surface area contributed by atoms with Gasteiger partial charge in [0.1, 0.15) is 5.75 Å². The number of nitrogens with one attached hydrogen (secondary N) is 1. The number of nitrogens with zero attached hydrogens (tertiary/aromatic N) is 2. The summed E-state index contributed by atoms with van der Waals surface area (Å²) < 4.78 is 5.62. The number of rotatable bonds is 3. The van der Waals surface area contributed by atoms with Crippen LogP contribution >= 0.6 is 0 Å². The molecule has 1 aliphatic rings. The Hall–Kier alpha value is -2.10. The van der Waals surface area contributed by atoms with E-state index >= 15 is 0 Å². The lowest BCUT2D eigenvalue weighted by atomic mass is 10.0. The number of hydrogen-bond acceptors (Lipinski definition) is 4. The summed E-state index contributed by atoms with van der Waals surface area (Å²) in [6, 6.07) is 6.29. The van der Waals surface area contributed by atoms with Crippen LogP contribution in [0.1, 0.15) is 18.9 Å². The monoisotopic (exact) mass is 255 g/mol. The first-order valence-corrected chi connectivity index (χ1v) is 6.69. The van der Waals surface area contributed by atoms with Crippen LogP contribution in [0.5, 0.6) is 5.75 Å². The second-order valence-electron chi connectivity index (χ2n) is 4.60. The Morgan fingerprint density at radius 3 is 2.84 bits per heavy atom. The predicted octanol–water partition coefficient (Wildman–Crippen LogP) is 2.90. The highest BCUT2D eigenvalue weighted by atomic mass is 16.5. The van der Waals surface area contributed by atoms with Gasteiger partial charge in [0.05, 0.1) is 6.61 Å². The topological polar surface area (TPSA) is 47.0 Å². The zero-order chi connectivity index (χ0) is 13.1. The summed E-state index contributed by atoms with van der Waals surface area (Å²) in [6.45, 7) is 3.68. The number of ether oxygens (including phenoxy) is 1. The second-order valence-corrected chi connectivity index (χ2v) is 4.60. The van der Waals surface area contributed by atoms with Crippen LogP contribution in [0.2, 0.25) is 0 Å². The molecule has 1 N–H and O–H groups in total. The fourth-order valence-electron chi connectivity index (χ4n) is 2.27. The number of aryl methyl sites for hydroxylation is 1. The van der Waals surface area contributed by atoms with E-state index in [2.05, 4.69) is 27.4 Å². The largest absolute Gasteiger partial charge is 0.493 e. The lowest BCUT2D eigenvalue weighted by Gasteiger charge is -2.17. The maximum Gasteiger partial charge on any atom is 0.222 e. The van der Waals surface area contributed by atoms with Gasteiger partial charge in [-0.1, -0.05) is 6.07 Å². The number of aromatic nitrogens is 2. The third-order valence-electron chi connectivity index (χ3n) is 3.23. The molecule has 0 saturated carbocycles. The molecular formula is C15H17N3O. The van der Waals surface area contributed by atoms with Crippen LogP contribution < -0.4 is 10.1 Å². The van der Waals surface area contributed by atoms with Crippen molar-refractivity contribution in [3.8, 4) is 16.9 Å². The summed E-state index contributed by atoms with van der Waals surface area (Å²) in [7, 11) is 0. The summed E-state index contributed by atoms with van der Waals surface area (Å²) in [5.41, 5.74) is 3.46. The van der Waals surface area contributed by atoms with E-state index < -0.39 is 0 Å². The smallest absolute Gasteiger partial charge is 0.222 e. The highest BCUT2D eigenvalue weighted by molar-refractivity contribution is 5.64. The molecule has 0 spiro atoms. The van der Waals surface area contributed by atoms with Crippen LogP contribution in [-0.4, -0.2) is 23.1 Å². The van der Waals surface area contributed by atoms with Crippen molar-refractivity contribution in [2.24, 2.45) is 0 Å². The molecule has 98 valence electrons. The Kier molecular flexibility index (Phi) is 3.31. The molecule has 1 aromatic heterocycles. The van der Waals surface area contributed by atoms with Gasteiger partial charge in [0, 0.05) is 24.5 Å². The zero-order valence-corrected chi connectivity index (χ0v) is 11.0. The van der Waals surface area contributed by atoms with E-state index in [4.69, 9.17) is 4.74 Å². The van der Waals surface area contributed by atoms with Crippen molar-refractivity contribution in [3.05, 3.63) is 36.2 Å². The van der Waals surface area contributed by atoms with Gasteiger partial charge in [-0.2, -0.15) is 0 Å². The predicted molar refractivity (Wildman–Crippen MR) is 75.4 cm³/mol. The van der Waals surface area contributed by atoms with E-state index in [-0.39, 0.29) is 0 Å². The highest BCUT2D eigenvalue weighted by Crippen LogP contribution is 2.29. The van der Waals surface area contributed by atoms with Gasteiger partial charge in [0.2, 0.25) is 5.95 Å². The molecule has 2 aromatic rings. The fourth-order valence-corrected chi connectivity index (χ4v) is 2.27. The van der Waals surface area contributed by atoms with Crippen molar-refractivity contribution in [1.82, 2.24) is 9.97 Å². The molecule has 0 unspecified atom stereocenters. The Morgan fingerprint density at radius 1 is 1.21 bits per heavy atom. The van der Waals surface area contributed by atoms with Crippen LogP contribution in [-0.2, 0) is 6.42 Å². The summed E-state index contributed by atoms with van der Waals surface area (Å²) >= 11 is 0. The average Bonchev–Trinajstić information content (AvgIpc) is 2.48. The van der Waals surface area contributed by atoms with E-state index in [1.807, 2.05) is 25.4 Å². The van der Waals surface area contributed by atoms with Crippen molar-refractivity contribution in [2.75, 3.05) is 18.5 Å². The first-order chi connectivity index (χ1) is 9.36. The summed E-state index contributed by atoms with van der Waals surface area (Å²) in [6.07, 6.45) is 5.89. The van der Waals surface area contributed by atoms with Crippen LogP contribution in [0.4, 0.5) is 5.95 Å². The number of anilines is 1. The molecule has 1 aliphatic heterocycles. The number of hydrogen-bond donors (Lipinski definition) is 1. The molecule has 0 radical (unpaired) electrons. The molecule has 3 rings (SSSR count). The van der Waals surface area contributed by atoms with Gasteiger partial charge in [-0.3, -0.25) is 0 Å². The van der Waals surface area contributed by atoms with E-state index in [1.54, 1.807) is 0 Å². The standard InChI is InChI=1S/C15H17N3O/c1-2-16-15-17-9-13(10-18-15)11-5-6-14-12(8-11)4-3-7-19-14/h5-6,8-10H,2-4,7H2,1H3,(H,16,17,18). The molecule has 0 saturated heterocycles. The van der Waals surface area contributed by atoms with Crippen LogP contribution in [0.25, 0.3) is 11.1 Å². The van der Waals surface area contributed by atoms with Crippen molar-refractivity contribution in [1.29, 1.82) is 0 Å². The number of fused-ring (bicyclic) bond motifs is 1. The van der Waals surface area contributed by atoms with Gasteiger partial charge in [-0.05, 0) is 43.0 Å². The molecule has 0 atom stereocenters. The fraction of sp³-hybridized carbons (Fsp3) is 0.333. The SMILES string of the molecule is CCNc1ncc(-c2ccc3c(c2)CCCO3)cn1. The molecule has 2 heterocycles. The minimum atomic E-state index is 0.674. The van der Waals surface area contributed by atoms with Gasteiger partial charge in [0.15, 0.2) is 0 Å². The van der Waals surface area contributed by atoms with E-state index in [1.165, 1.54) is 5.56 Å². The molecule has 4 heteroatoms. The van der Waals surface area contributed by atoms with Crippen LogP contribution in [0.3, 0.4) is 0 Å². The summed E-state index contributed by atoms with van der Waals surface area (Å²) in [4.78, 5) is 8.61. The zero-order valence-electron chi connectivity index (χ0n) is 11.0. The molecule has 4 nitrogen and oxygen atoms in total. The third kappa shape index (κ3) is 2.52. The van der Waals surface area contributed by atoms with Gasteiger partial charge in [-0.15, -0.1) is 0 Å². The Bertz CT molecular complexity index is 566. The molecule has 0 amide bonds. The summed E-state index contributed by atoms with van der Waals surface area (Å²) in [5.74, 6) is 1.69. The molecule has 0 aliphatic carbocycles. The van der Waals surface area contributed by atoms with Crippen molar-refractivity contribution < 1.29 is 4.74 Å². The minimum Gasteiger partial charge on any atom is -0.493 e. The lowest BCUT2D eigenvalue weighted by Crippen LogP contribution is -2.08. The average molecular weight is 255 g/mol. The van der Waals surface area contributed by atoms with E-state index in [0.717, 1.165) is 42.9 Å². The van der Waals surface area contributed by atoms with E-state index in [0.29, 0.717) is 5.95 Å². The maximum absolute atomic E-state index is 5.62. The van der Waals surface area contributed by atoms with Crippen molar-refractivity contribution >= 4 is 5.95 Å².